The summed E-state index contributed by atoms with van der Waals surface area (Å²) in [6.07, 6.45) is 1.31. The molecule has 0 spiro atoms. The van der Waals surface area contributed by atoms with Gasteiger partial charge in [0.15, 0.2) is 5.82 Å². The molecule has 3 rings (SSSR count). The summed E-state index contributed by atoms with van der Waals surface area (Å²) in [5, 5.41) is 3.74. The average Bonchev–Trinajstić information content (AvgIpc) is 3.05. The molecule has 0 fully saturated rings. The van der Waals surface area contributed by atoms with Crippen LogP contribution in [0.3, 0.4) is 0 Å². The van der Waals surface area contributed by atoms with E-state index in [0.717, 1.165) is 4.90 Å². The third-order valence-corrected chi connectivity index (χ3v) is 4.52. The van der Waals surface area contributed by atoms with Gasteiger partial charge in [0.1, 0.15) is 11.4 Å². The minimum Gasteiger partial charge on any atom is -0.340 e. The summed E-state index contributed by atoms with van der Waals surface area (Å²) < 4.78 is 4.87. The Kier molecular flexibility index (Phi) is 5.47. The maximum Gasteiger partial charge on any atom is 0.263 e. The number of H-pyrrole nitrogens is 1. The zero-order valence-corrected chi connectivity index (χ0v) is 15.1. The molecule has 0 saturated heterocycles. The van der Waals surface area contributed by atoms with Crippen LogP contribution >= 0.6 is 11.8 Å². The highest BCUT2D eigenvalue weighted by Gasteiger charge is 2.18. The lowest BCUT2D eigenvalue weighted by atomic mass is 10.3. The van der Waals surface area contributed by atoms with Crippen molar-refractivity contribution in [2.45, 2.75) is 24.1 Å². The van der Waals surface area contributed by atoms with Crippen molar-refractivity contribution in [1.29, 1.82) is 0 Å². The van der Waals surface area contributed by atoms with E-state index in [2.05, 4.69) is 20.1 Å². The van der Waals surface area contributed by atoms with E-state index >= 15 is 0 Å². The summed E-state index contributed by atoms with van der Waals surface area (Å²) in [5.74, 6) is 1.35. The van der Waals surface area contributed by atoms with Gasteiger partial charge in [-0.05, 0) is 12.1 Å². The number of aromatic nitrogens is 4. The van der Waals surface area contributed by atoms with Crippen molar-refractivity contribution in [2.24, 2.45) is 0 Å². The molecule has 1 amide bonds. The Hall–Kier alpha value is -2.94. The van der Waals surface area contributed by atoms with Gasteiger partial charge in [0, 0.05) is 25.1 Å². The number of nitrogens with zero attached hydrogens (tertiary/aromatic N) is 4. The lowest BCUT2D eigenvalue weighted by Crippen LogP contribution is -2.32. The predicted octanol–water partition coefficient (Wildman–Crippen LogP) is 2.03. The summed E-state index contributed by atoms with van der Waals surface area (Å²) in [4.78, 5) is 38.0. The van der Waals surface area contributed by atoms with Gasteiger partial charge in [0.05, 0.1) is 12.3 Å². The molecule has 2 aromatic heterocycles. The monoisotopic (exact) mass is 371 g/mol. The predicted molar refractivity (Wildman–Crippen MR) is 95.7 cm³/mol. The number of hydrogen-bond acceptors (Lipinski definition) is 7. The molecule has 8 nitrogen and oxygen atoms in total. The zero-order chi connectivity index (χ0) is 18.5. The van der Waals surface area contributed by atoms with Gasteiger partial charge >= 0.3 is 0 Å². The van der Waals surface area contributed by atoms with Crippen molar-refractivity contribution >= 4 is 17.7 Å². The molecule has 26 heavy (non-hydrogen) atoms. The highest BCUT2D eigenvalue weighted by molar-refractivity contribution is 7.98. The van der Waals surface area contributed by atoms with Crippen molar-refractivity contribution in [3.05, 3.63) is 70.0 Å². The van der Waals surface area contributed by atoms with Crippen LogP contribution in [0.5, 0.6) is 0 Å². The van der Waals surface area contributed by atoms with Gasteiger partial charge in [0.25, 0.3) is 11.5 Å². The van der Waals surface area contributed by atoms with Crippen molar-refractivity contribution in [3.63, 3.8) is 0 Å². The molecule has 0 radical (unpaired) electrons. The zero-order valence-electron chi connectivity index (χ0n) is 14.3. The standard InChI is InChI=1S/C17H17N5O3S/c1-11-19-14(21-25-11)9-22(2)17(24)13-8-18-15(20-16(13)23)10-26-12-6-4-3-5-7-12/h3-8H,9-10H2,1-2H3,(H,18,20,23). The first-order chi connectivity index (χ1) is 12.5. The number of benzene rings is 1. The van der Waals surface area contributed by atoms with Gasteiger partial charge in [0.2, 0.25) is 5.89 Å². The number of nitrogens with one attached hydrogen (secondary N) is 1. The summed E-state index contributed by atoms with van der Waals surface area (Å²) in [5.41, 5.74) is -0.494. The minimum absolute atomic E-state index is 0.0267. The van der Waals surface area contributed by atoms with E-state index in [1.54, 1.807) is 25.7 Å². The van der Waals surface area contributed by atoms with Crippen LogP contribution in [0.25, 0.3) is 0 Å². The van der Waals surface area contributed by atoms with Gasteiger partial charge in [-0.2, -0.15) is 4.98 Å². The van der Waals surface area contributed by atoms with E-state index in [1.807, 2.05) is 30.3 Å². The molecule has 1 N–H and O–H groups in total. The van der Waals surface area contributed by atoms with E-state index in [4.69, 9.17) is 4.52 Å². The SMILES string of the molecule is Cc1nc(CN(C)C(=O)c2cnc(CSc3ccccc3)[nH]c2=O)no1. The van der Waals surface area contributed by atoms with Gasteiger partial charge in [-0.1, -0.05) is 23.4 Å². The van der Waals surface area contributed by atoms with Crippen molar-refractivity contribution in [1.82, 2.24) is 25.0 Å². The van der Waals surface area contributed by atoms with Crippen LogP contribution in [0.1, 0.15) is 27.9 Å². The molecule has 0 aliphatic heterocycles. The number of rotatable bonds is 6. The van der Waals surface area contributed by atoms with Crippen LogP contribution in [0.2, 0.25) is 0 Å². The van der Waals surface area contributed by atoms with Crippen LogP contribution in [0.4, 0.5) is 0 Å². The fourth-order valence-electron chi connectivity index (χ4n) is 2.22. The molecule has 0 aliphatic carbocycles. The maximum atomic E-state index is 12.4. The van der Waals surface area contributed by atoms with E-state index < -0.39 is 11.5 Å². The second-order valence-corrected chi connectivity index (χ2v) is 6.61. The molecule has 1 aromatic carbocycles. The quantitative estimate of drug-likeness (QED) is 0.661. The number of carbonyl (C=O) groups is 1. The molecule has 0 unspecified atom stereocenters. The molecule has 0 saturated carbocycles. The van der Waals surface area contributed by atoms with Crippen LogP contribution in [-0.2, 0) is 12.3 Å². The summed E-state index contributed by atoms with van der Waals surface area (Å²) >= 11 is 1.55. The van der Waals surface area contributed by atoms with Gasteiger partial charge in [-0.25, -0.2) is 4.98 Å². The first-order valence-corrected chi connectivity index (χ1v) is 8.82. The first-order valence-electron chi connectivity index (χ1n) is 7.83. The largest absolute Gasteiger partial charge is 0.340 e. The molecule has 0 bridgehead atoms. The third kappa shape index (κ3) is 4.37. The second kappa shape index (κ2) is 7.96. The Balaban J connectivity index is 1.66. The minimum atomic E-state index is -0.468. The number of thioether (sulfide) groups is 1. The molecule has 0 atom stereocenters. The molecular weight excluding hydrogens is 354 g/mol. The average molecular weight is 371 g/mol. The number of carbonyl (C=O) groups excluding carboxylic acids is 1. The van der Waals surface area contributed by atoms with Gasteiger partial charge < -0.3 is 14.4 Å². The summed E-state index contributed by atoms with van der Waals surface area (Å²) in [6.45, 7) is 1.81. The summed E-state index contributed by atoms with van der Waals surface area (Å²) in [6, 6.07) is 9.80. The van der Waals surface area contributed by atoms with Crippen molar-refractivity contribution in [3.8, 4) is 0 Å². The first kappa shape index (κ1) is 17.9. The number of aryl methyl sites for hydroxylation is 1. The normalized spacial score (nSPS) is 10.7. The molecule has 134 valence electrons. The number of amides is 1. The second-order valence-electron chi connectivity index (χ2n) is 5.57. The smallest absolute Gasteiger partial charge is 0.263 e. The highest BCUT2D eigenvalue weighted by atomic mass is 32.2. The van der Waals surface area contributed by atoms with E-state index in [0.29, 0.717) is 23.3 Å². The fraction of sp³-hybridized carbons (Fsp3) is 0.235. The molecule has 2 heterocycles. The Morgan fingerprint density at radius 1 is 1.31 bits per heavy atom. The molecular formula is C17H17N5O3S. The number of aromatic amines is 1. The molecule has 0 aliphatic rings. The van der Waals surface area contributed by atoms with Gasteiger partial charge in [-0.15, -0.1) is 11.8 Å². The van der Waals surface area contributed by atoms with Crippen molar-refractivity contribution in [2.75, 3.05) is 7.05 Å². The lowest BCUT2D eigenvalue weighted by molar-refractivity contribution is 0.0778. The van der Waals surface area contributed by atoms with Gasteiger partial charge in [-0.3, -0.25) is 9.59 Å². The van der Waals surface area contributed by atoms with E-state index in [9.17, 15) is 9.59 Å². The Bertz CT molecular complexity index is 954. The lowest BCUT2D eigenvalue weighted by Gasteiger charge is -2.14. The van der Waals surface area contributed by atoms with Crippen molar-refractivity contribution < 1.29 is 9.32 Å². The topological polar surface area (TPSA) is 105 Å². The van der Waals surface area contributed by atoms with E-state index in [-0.39, 0.29) is 12.1 Å². The van der Waals surface area contributed by atoms with Crippen LogP contribution < -0.4 is 5.56 Å². The Labute approximate surface area is 153 Å². The van der Waals surface area contributed by atoms with E-state index in [1.165, 1.54) is 11.1 Å². The Morgan fingerprint density at radius 2 is 2.08 bits per heavy atom. The maximum absolute atomic E-state index is 12.4. The molecule has 9 heteroatoms. The highest BCUT2D eigenvalue weighted by Crippen LogP contribution is 2.20. The Morgan fingerprint density at radius 3 is 2.73 bits per heavy atom. The van der Waals surface area contributed by atoms with Crippen LogP contribution in [-0.4, -0.2) is 38.0 Å². The number of hydrogen-bond donors (Lipinski definition) is 1. The summed E-state index contributed by atoms with van der Waals surface area (Å²) in [7, 11) is 1.56. The fourth-order valence-corrected chi connectivity index (χ4v) is 3.02. The molecule has 3 aromatic rings. The third-order valence-electron chi connectivity index (χ3n) is 3.50. The van der Waals surface area contributed by atoms with Crippen LogP contribution in [0.15, 0.2) is 50.7 Å². The van der Waals surface area contributed by atoms with Crippen LogP contribution in [0, 0.1) is 6.92 Å².